The van der Waals surface area contributed by atoms with E-state index >= 15 is 0 Å². The minimum absolute atomic E-state index is 0.0529. The molecule has 0 aromatic heterocycles. The van der Waals surface area contributed by atoms with Crippen molar-refractivity contribution in [1.82, 2.24) is 0 Å². The van der Waals surface area contributed by atoms with Crippen molar-refractivity contribution >= 4 is 27.5 Å². The van der Waals surface area contributed by atoms with Gasteiger partial charge in [-0.15, -0.1) is 0 Å². The summed E-state index contributed by atoms with van der Waals surface area (Å²) in [5.41, 5.74) is 1.06. The average molecular weight is 348 g/mol. The number of nitrogens with zero attached hydrogens (tertiary/aromatic N) is 1. The number of nitrogens with one attached hydrogen (secondary N) is 1. The Kier molecular flexibility index (Phi) is 4.06. The number of benzene rings is 2. The minimum Gasteiger partial charge on any atom is -0.280 e. The first-order valence-electron chi connectivity index (χ1n) is 7.12. The molecule has 2 aromatic rings. The van der Waals surface area contributed by atoms with E-state index in [0.717, 1.165) is 29.3 Å². The second kappa shape index (κ2) is 6.04. The first-order chi connectivity index (χ1) is 11.4. The van der Waals surface area contributed by atoms with Gasteiger partial charge in [0.05, 0.1) is 15.5 Å². The van der Waals surface area contributed by atoms with E-state index in [1.54, 1.807) is 6.08 Å². The molecule has 0 saturated carbocycles. The Morgan fingerprint density at radius 3 is 2.62 bits per heavy atom. The maximum atomic E-state index is 13.3. The van der Waals surface area contributed by atoms with E-state index < -0.39 is 26.5 Å². The van der Waals surface area contributed by atoms with Gasteiger partial charge in [0.15, 0.2) is 0 Å². The quantitative estimate of drug-likeness (QED) is 0.677. The number of rotatable bonds is 4. The van der Waals surface area contributed by atoms with Crippen LogP contribution in [0.3, 0.4) is 0 Å². The second-order valence-electron chi connectivity index (χ2n) is 5.34. The van der Waals surface area contributed by atoms with E-state index in [-0.39, 0.29) is 10.6 Å². The third-order valence-electron chi connectivity index (χ3n) is 3.75. The van der Waals surface area contributed by atoms with Crippen LogP contribution >= 0.6 is 0 Å². The van der Waals surface area contributed by atoms with Crippen molar-refractivity contribution in [2.24, 2.45) is 0 Å². The van der Waals surface area contributed by atoms with Gasteiger partial charge in [-0.25, -0.2) is 8.42 Å². The zero-order valence-corrected chi connectivity index (χ0v) is 13.2. The summed E-state index contributed by atoms with van der Waals surface area (Å²) >= 11 is 0. The summed E-state index contributed by atoms with van der Waals surface area (Å²) in [6.07, 6.45) is 2.50. The van der Waals surface area contributed by atoms with Crippen LogP contribution in [0, 0.1) is 15.9 Å². The highest BCUT2D eigenvalue weighted by Gasteiger charge is 2.23. The van der Waals surface area contributed by atoms with Crippen molar-refractivity contribution in [2.75, 3.05) is 4.72 Å². The lowest BCUT2D eigenvalue weighted by Crippen LogP contribution is -2.17. The molecule has 0 bridgehead atoms. The number of sulfonamides is 1. The monoisotopic (exact) mass is 348 g/mol. The summed E-state index contributed by atoms with van der Waals surface area (Å²) in [6, 6.07) is 10.4. The number of allylic oxidation sites excluding steroid dienone is 1. The molecular formula is C16H13FN2O4S. The van der Waals surface area contributed by atoms with Crippen LogP contribution in [0.15, 0.2) is 47.4 Å². The number of anilines is 1. The molecule has 0 heterocycles. The zero-order valence-electron chi connectivity index (χ0n) is 12.4. The normalized spacial score (nSPS) is 13.8. The number of hydrogen-bond acceptors (Lipinski definition) is 4. The van der Waals surface area contributed by atoms with Gasteiger partial charge in [-0.1, -0.05) is 24.3 Å². The number of nitro groups is 1. The topological polar surface area (TPSA) is 89.3 Å². The predicted octanol–water partition coefficient (Wildman–Crippen LogP) is 3.46. The van der Waals surface area contributed by atoms with Crippen LogP contribution in [0.2, 0.25) is 0 Å². The second-order valence-corrected chi connectivity index (χ2v) is 7.07. The Morgan fingerprint density at radius 2 is 1.88 bits per heavy atom. The van der Waals surface area contributed by atoms with Gasteiger partial charge in [-0.05, 0) is 42.2 Å². The Hall–Kier alpha value is -2.74. The van der Waals surface area contributed by atoms with Gasteiger partial charge in [-0.2, -0.15) is 4.39 Å². The summed E-state index contributed by atoms with van der Waals surface area (Å²) < 4.78 is 40.6. The van der Waals surface area contributed by atoms with Crippen molar-refractivity contribution in [3.05, 3.63) is 74.4 Å². The minimum atomic E-state index is -3.87. The number of fused-ring (bicyclic) bond motifs is 1. The molecule has 0 aliphatic heterocycles. The molecule has 0 unspecified atom stereocenters. The van der Waals surface area contributed by atoms with Gasteiger partial charge in [0, 0.05) is 6.07 Å². The van der Waals surface area contributed by atoms with E-state index in [2.05, 4.69) is 4.72 Å². The fraction of sp³-hybridized carbons (Fsp3) is 0.125. The van der Waals surface area contributed by atoms with Crippen molar-refractivity contribution in [1.29, 1.82) is 0 Å². The van der Waals surface area contributed by atoms with Crippen LogP contribution in [-0.4, -0.2) is 13.3 Å². The van der Waals surface area contributed by atoms with Gasteiger partial charge < -0.3 is 0 Å². The average Bonchev–Trinajstić information content (AvgIpc) is 2.55. The molecule has 1 N–H and O–H groups in total. The summed E-state index contributed by atoms with van der Waals surface area (Å²) in [4.78, 5) is 10.0. The zero-order chi connectivity index (χ0) is 17.3. The number of halogens is 1. The Bertz CT molecular complexity index is 954. The van der Waals surface area contributed by atoms with Crippen LogP contribution < -0.4 is 4.72 Å². The van der Waals surface area contributed by atoms with Gasteiger partial charge in [-0.3, -0.25) is 14.8 Å². The Labute approximate surface area is 137 Å². The summed E-state index contributed by atoms with van der Waals surface area (Å²) in [5, 5.41) is 10.8. The van der Waals surface area contributed by atoms with E-state index in [1.165, 1.54) is 0 Å². The summed E-state index contributed by atoms with van der Waals surface area (Å²) in [5.74, 6) is -1.02. The highest BCUT2D eigenvalue weighted by Crippen LogP contribution is 2.29. The van der Waals surface area contributed by atoms with Gasteiger partial charge in [0.25, 0.3) is 10.0 Å². The van der Waals surface area contributed by atoms with Gasteiger partial charge in [0.2, 0.25) is 5.82 Å². The predicted molar refractivity (Wildman–Crippen MR) is 88.3 cm³/mol. The SMILES string of the molecule is O=[N+]([O-])c1cc(NS(=O)(=O)C2=Cc3ccccc3CC2)ccc1F. The molecule has 24 heavy (non-hydrogen) atoms. The lowest BCUT2D eigenvalue weighted by atomic mass is 9.98. The molecule has 2 aromatic carbocycles. The van der Waals surface area contributed by atoms with Crippen LogP contribution in [0.5, 0.6) is 0 Å². The maximum absolute atomic E-state index is 13.3. The lowest BCUT2D eigenvalue weighted by molar-refractivity contribution is -0.387. The van der Waals surface area contributed by atoms with Crippen molar-refractivity contribution in [2.45, 2.75) is 12.8 Å². The molecule has 0 fully saturated rings. The third kappa shape index (κ3) is 3.13. The number of hydrogen-bond donors (Lipinski definition) is 1. The highest BCUT2D eigenvalue weighted by molar-refractivity contribution is 7.96. The van der Waals surface area contributed by atoms with Crippen LogP contribution in [0.1, 0.15) is 17.5 Å². The van der Waals surface area contributed by atoms with Crippen LogP contribution in [-0.2, 0) is 16.4 Å². The first kappa shape index (κ1) is 16.1. The summed E-state index contributed by atoms with van der Waals surface area (Å²) in [7, 11) is -3.87. The standard InChI is InChI=1S/C16H13FN2O4S/c17-15-8-6-13(10-16(15)19(20)21)18-24(22,23)14-7-5-11-3-1-2-4-12(11)9-14/h1-4,6,8-10,18H,5,7H2. The molecule has 0 amide bonds. The fourth-order valence-corrected chi connectivity index (χ4v) is 3.78. The molecule has 6 nitrogen and oxygen atoms in total. The van der Waals surface area contributed by atoms with E-state index in [4.69, 9.17) is 0 Å². The Morgan fingerprint density at radius 1 is 1.12 bits per heavy atom. The molecule has 124 valence electrons. The molecule has 0 spiro atoms. The van der Waals surface area contributed by atoms with E-state index in [1.807, 2.05) is 24.3 Å². The largest absolute Gasteiger partial charge is 0.306 e. The first-order valence-corrected chi connectivity index (χ1v) is 8.60. The highest BCUT2D eigenvalue weighted by atomic mass is 32.2. The molecule has 0 atom stereocenters. The summed E-state index contributed by atoms with van der Waals surface area (Å²) in [6.45, 7) is 0. The maximum Gasteiger partial charge on any atom is 0.306 e. The van der Waals surface area contributed by atoms with E-state index in [0.29, 0.717) is 12.8 Å². The molecule has 1 aliphatic rings. The van der Waals surface area contributed by atoms with E-state index in [9.17, 15) is 22.9 Å². The molecule has 1 aliphatic carbocycles. The van der Waals surface area contributed by atoms with Crippen molar-refractivity contribution < 1.29 is 17.7 Å². The molecule has 3 rings (SSSR count). The lowest BCUT2D eigenvalue weighted by Gasteiger charge is -2.17. The van der Waals surface area contributed by atoms with Crippen molar-refractivity contribution in [3.8, 4) is 0 Å². The smallest absolute Gasteiger partial charge is 0.280 e. The molecular weight excluding hydrogens is 335 g/mol. The third-order valence-corrected chi connectivity index (χ3v) is 5.27. The van der Waals surface area contributed by atoms with Crippen LogP contribution in [0.25, 0.3) is 6.08 Å². The Balaban J connectivity index is 1.92. The van der Waals surface area contributed by atoms with Crippen LogP contribution in [0.4, 0.5) is 15.8 Å². The molecule has 0 radical (unpaired) electrons. The fourth-order valence-electron chi connectivity index (χ4n) is 2.55. The molecule has 8 heteroatoms. The van der Waals surface area contributed by atoms with Gasteiger partial charge in [0.1, 0.15) is 0 Å². The number of nitro benzene ring substituents is 1. The number of aryl methyl sites for hydroxylation is 1. The molecule has 0 saturated heterocycles. The van der Waals surface area contributed by atoms with Crippen molar-refractivity contribution in [3.63, 3.8) is 0 Å². The van der Waals surface area contributed by atoms with Gasteiger partial charge >= 0.3 is 5.69 Å².